The van der Waals surface area contributed by atoms with Crippen LogP contribution in [0, 0.1) is 0 Å². The molecule has 0 N–H and O–H groups in total. The molecule has 0 aliphatic rings. The molecular weight excluding hydrogens is 328 g/mol. The minimum absolute atomic E-state index is 0.146. The van der Waals surface area contributed by atoms with Crippen LogP contribution in [0.1, 0.15) is 119 Å². The van der Waals surface area contributed by atoms with Gasteiger partial charge in [0.25, 0.3) is 0 Å². The third kappa shape index (κ3) is 6.65. The van der Waals surface area contributed by atoms with Gasteiger partial charge in [-0.3, -0.25) is 4.79 Å². The van der Waals surface area contributed by atoms with Gasteiger partial charge < -0.3 is 0 Å². The standard InChI is InChI=1S/C14H20O.C12H18/c1-9(2)13-7-6-12(11(5)15)8-14(13)10(3)4;1-9(2)11-7-5-6-8-12(11)10(3)4/h6-10H,1-5H3;5-10H,1-4H3. The van der Waals surface area contributed by atoms with E-state index in [2.05, 4.69) is 85.7 Å². The van der Waals surface area contributed by atoms with Crippen LogP contribution >= 0.6 is 0 Å². The molecule has 0 aliphatic carbocycles. The van der Waals surface area contributed by atoms with Gasteiger partial charge in [-0.1, -0.05) is 91.8 Å². The second-order valence-corrected chi connectivity index (χ2v) is 8.65. The Morgan fingerprint density at radius 3 is 1.30 bits per heavy atom. The molecule has 0 heterocycles. The highest BCUT2D eigenvalue weighted by atomic mass is 16.1. The van der Waals surface area contributed by atoms with Crippen molar-refractivity contribution in [1.82, 2.24) is 0 Å². The third-order valence-corrected chi connectivity index (χ3v) is 4.98. The van der Waals surface area contributed by atoms with Crippen molar-refractivity contribution in [3.63, 3.8) is 0 Å². The SMILES string of the molecule is CC(=O)c1ccc(C(C)C)c(C(C)C)c1.CC(C)c1ccccc1C(C)C. The van der Waals surface area contributed by atoms with Crippen molar-refractivity contribution >= 4 is 5.78 Å². The molecule has 2 rings (SSSR count). The van der Waals surface area contributed by atoms with E-state index < -0.39 is 0 Å². The van der Waals surface area contributed by atoms with Crippen molar-refractivity contribution in [3.05, 3.63) is 70.3 Å². The highest BCUT2D eigenvalue weighted by Crippen LogP contribution is 2.27. The van der Waals surface area contributed by atoms with Crippen molar-refractivity contribution in [2.45, 2.75) is 86.0 Å². The maximum absolute atomic E-state index is 11.3. The summed E-state index contributed by atoms with van der Waals surface area (Å²) in [4.78, 5) is 11.3. The summed E-state index contributed by atoms with van der Waals surface area (Å²) in [6.45, 7) is 19.3. The summed E-state index contributed by atoms with van der Waals surface area (Å²) in [5.41, 5.74) is 6.47. The second-order valence-electron chi connectivity index (χ2n) is 8.65. The van der Waals surface area contributed by atoms with Crippen molar-refractivity contribution in [3.8, 4) is 0 Å². The molecule has 1 heteroatoms. The van der Waals surface area contributed by atoms with Crippen LogP contribution in [0.5, 0.6) is 0 Å². The summed E-state index contributed by atoms with van der Waals surface area (Å²) in [5.74, 6) is 2.42. The highest BCUT2D eigenvalue weighted by Gasteiger charge is 2.12. The van der Waals surface area contributed by atoms with Crippen molar-refractivity contribution < 1.29 is 4.79 Å². The van der Waals surface area contributed by atoms with E-state index in [-0.39, 0.29) is 5.78 Å². The lowest BCUT2D eigenvalue weighted by molar-refractivity contribution is 0.101. The predicted octanol–water partition coefficient (Wildman–Crippen LogP) is 8.07. The number of Topliss-reactive ketones (excluding diaryl/α,β-unsaturated/α-hetero) is 1. The number of hydrogen-bond donors (Lipinski definition) is 0. The van der Waals surface area contributed by atoms with Crippen LogP contribution in [0.4, 0.5) is 0 Å². The summed E-state index contributed by atoms with van der Waals surface area (Å²) < 4.78 is 0. The van der Waals surface area contributed by atoms with E-state index in [0.29, 0.717) is 23.7 Å². The predicted molar refractivity (Wildman–Crippen MR) is 119 cm³/mol. The van der Waals surface area contributed by atoms with Gasteiger partial charge in [0.15, 0.2) is 5.78 Å². The molecule has 0 fully saturated rings. The highest BCUT2D eigenvalue weighted by molar-refractivity contribution is 5.94. The van der Waals surface area contributed by atoms with Crippen LogP contribution in [0.3, 0.4) is 0 Å². The molecule has 148 valence electrons. The van der Waals surface area contributed by atoms with Gasteiger partial charge in [-0.15, -0.1) is 0 Å². The number of benzene rings is 2. The quantitative estimate of drug-likeness (QED) is 0.489. The zero-order valence-corrected chi connectivity index (χ0v) is 18.8. The van der Waals surface area contributed by atoms with Crippen molar-refractivity contribution in [2.24, 2.45) is 0 Å². The minimum Gasteiger partial charge on any atom is -0.295 e. The van der Waals surface area contributed by atoms with E-state index in [1.54, 1.807) is 6.92 Å². The number of ketones is 1. The molecule has 0 saturated carbocycles. The van der Waals surface area contributed by atoms with Crippen molar-refractivity contribution in [1.29, 1.82) is 0 Å². The Bertz CT molecular complexity index is 709. The van der Waals surface area contributed by atoms with E-state index in [1.807, 2.05) is 12.1 Å². The molecule has 0 bridgehead atoms. The Morgan fingerprint density at radius 1 is 0.593 bits per heavy atom. The van der Waals surface area contributed by atoms with E-state index in [0.717, 1.165) is 5.56 Å². The van der Waals surface area contributed by atoms with Crippen LogP contribution in [0.15, 0.2) is 42.5 Å². The lowest BCUT2D eigenvalue weighted by Gasteiger charge is -2.16. The summed E-state index contributed by atoms with van der Waals surface area (Å²) in [7, 11) is 0. The first-order valence-electron chi connectivity index (χ1n) is 10.3. The van der Waals surface area contributed by atoms with Gasteiger partial charge in [-0.05, 0) is 58.9 Å². The lowest BCUT2D eigenvalue weighted by Crippen LogP contribution is -2.02. The van der Waals surface area contributed by atoms with Crippen LogP contribution in [0.25, 0.3) is 0 Å². The molecule has 0 radical (unpaired) electrons. The Balaban J connectivity index is 0.000000277. The molecule has 0 spiro atoms. The van der Waals surface area contributed by atoms with Gasteiger partial charge in [0.2, 0.25) is 0 Å². The fourth-order valence-corrected chi connectivity index (χ4v) is 3.38. The fourth-order valence-electron chi connectivity index (χ4n) is 3.38. The Kier molecular flexibility index (Phi) is 8.96. The minimum atomic E-state index is 0.146. The molecule has 0 unspecified atom stereocenters. The first-order valence-corrected chi connectivity index (χ1v) is 10.3. The summed E-state index contributed by atoms with van der Waals surface area (Å²) in [5, 5.41) is 0. The molecule has 0 aromatic heterocycles. The molecule has 27 heavy (non-hydrogen) atoms. The molecule has 2 aromatic rings. The zero-order valence-electron chi connectivity index (χ0n) is 18.8. The molecule has 2 aromatic carbocycles. The average molecular weight is 367 g/mol. The molecule has 0 saturated heterocycles. The van der Waals surface area contributed by atoms with Crippen LogP contribution < -0.4 is 0 Å². The number of carbonyl (C=O) groups is 1. The number of hydrogen-bond acceptors (Lipinski definition) is 1. The average Bonchev–Trinajstić information content (AvgIpc) is 2.61. The third-order valence-electron chi connectivity index (χ3n) is 4.98. The van der Waals surface area contributed by atoms with Gasteiger partial charge in [-0.25, -0.2) is 0 Å². The molecule has 0 atom stereocenters. The van der Waals surface area contributed by atoms with Gasteiger partial charge in [0.1, 0.15) is 0 Å². The topological polar surface area (TPSA) is 17.1 Å². The second kappa shape index (κ2) is 10.4. The van der Waals surface area contributed by atoms with E-state index in [1.165, 1.54) is 22.3 Å². The number of carbonyl (C=O) groups excluding carboxylic acids is 1. The Labute approximate surface area is 167 Å². The van der Waals surface area contributed by atoms with Gasteiger partial charge in [0.05, 0.1) is 0 Å². The van der Waals surface area contributed by atoms with E-state index in [9.17, 15) is 4.79 Å². The normalized spacial score (nSPS) is 11.1. The van der Waals surface area contributed by atoms with Gasteiger partial charge in [-0.2, -0.15) is 0 Å². The Hall–Kier alpha value is -1.89. The van der Waals surface area contributed by atoms with Crippen LogP contribution in [0.2, 0.25) is 0 Å². The Morgan fingerprint density at radius 2 is 0.963 bits per heavy atom. The number of rotatable bonds is 5. The largest absolute Gasteiger partial charge is 0.295 e. The molecule has 1 nitrogen and oxygen atoms in total. The fraction of sp³-hybridized carbons (Fsp3) is 0.500. The maximum Gasteiger partial charge on any atom is 0.159 e. The first kappa shape index (κ1) is 23.1. The summed E-state index contributed by atoms with van der Waals surface area (Å²) in [6.07, 6.45) is 0. The van der Waals surface area contributed by atoms with E-state index in [4.69, 9.17) is 0 Å². The van der Waals surface area contributed by atoms with Crippen molar-refractivity contribution in [2.75, 3.05) is 0 Å². The molecular formula is C26H38O. The first-order chi connectivity index (χ1) is 12.6. The molecule has 0 aliphatic heterocycles. The van der Waals surface area contributed by atoms with Gasteiger partial charge >= 0.3 is 0 Å². The monoisotopic (exact) mass is 366 g/mol. The smallest absolute Gasteiger partial charge is 0.159 e. The maximum atomic E-state index is 11.3. The summed E-state index contributed by atoms with van der Waals surface area (Å²) in [6, 6.07) is 14.8. The lowest BCUT2D eigenvalue weighted by atomic mass is 9.89. The summed E-state index contributed by atoms with van der Waals surface area (Å²) >= 11 is 0. The van der Waals surface area contributed by atoms with E-state index >= 15 is 0 Å². The van der Waals surface area contributed by atoms with Crippen LogP contribution in [-0.2, 0) is 0 Å². The molecule has 0 amide bonds. The van der Waals surface area contributed by atoms with Crippen LogP contribution in [-0.4, -0.2) is 5.78 Å². The van der Waals surface area contributed by atoms with Gasteiger partial charge in [0, 0.05) is 5.56 Å². The zero-order chi connectivity index (χ0) is 20.7.